The fourth-order valence-electron chi connectivity index (χ4n) is 2.71. The predicted octanol–water partition coefficient (Wildman–Crippen LogP) is 4.47. The number of fused-ring (bicyclic) bond motifs is 1. The highest BCUT2D eigenvalue weighted by molar-refractivity contribution is 5.75. The van der Waals surface area contributed by atoms with Gasteiger partial charge in [-0.2, -0.15) is 5.10 Å². The first-order valence-electron chi connectivity index (χ1n) is 7.61. The molecular formula is C19H17N3O. The first-order chi connectivity index (χ1) is 11.1. The topological polar surface area (TPSA) is 43.9 Å². The Morgan fingerprint density at radius 2 is 1.70 bits per heavy atom. The summed E-state index contributed by atoms with van der Waals surface area (Å²) in [5, 5.41) is 4.53. The van der Waals surface area contributed by atoms with Gasteiger partial charge in [-0.05, 0) is 31.5 Å². The third kappa shape index (κ3) is 2.32. The molecule has 0 radical (unpaired) electrons. The van der Waals surface area contributed by atoms with E-state index in [0.717, 1.165) is 16.7 Å². The summed E-state index contributed by atoms with van der Waals surface area (Å²) in [7, 11) is 0. The first kappa shape index (κ1) is 13.8. The average molecular weight is 303 g/mol. The second kappa shape index (κ2) is 5.09. The predicted molar refractivity (Wildman–Crippen MR) is 90.1 cm³/mol. The van der Waals surface area contributed by atoms with Crippen LogP contribution in [0.5, 0.6) is 0 Å². The number of rotatable bonds is 3. The lowest BCUT2D eigenvalue weighted by Gasteiger charge is -2.25. The quantitative estimate of drug-likeness (QED) is 0.560. The molecule has 0 aliphatic rings. The molecule has 0 fully saturated rings. The molecule has 0 unspecified atom stereocenters. The summed E-state index contributed by atoms with van der Waals surface area (Å²) in [5.74, 6) is 0.598. The zero-order chi connectivity index (χ0) is 15.9. The van der Waals surface area contributed by atoms with Crippen molar-refractivity contribution in [1.82, 2.24) is 14.8 Å². The lowest BCUT2D eigenvalue weighted by atomic mass is 9.95. The van der Waals surface area contributed by atoms with Crippen LogP contribution < -0.4 is 0 Å². The van der Waals surface area contributed by atoms with E-state index in [1.54, 1.807) is 6.20 Å². The third-order valence-corrected chi connectivity index (χ3v) is 4.18. The number of aromatic nitrogens is 3. The van der Waals surface area contributed by atoms with Crippen LogP contribution in [0.1, 0.15) is 19.4 Å². The Bertz CT molecular complexity index is 918. The lowest BCUT2D eigenvalue weighted by molar-refractivity contribution is 0.390. The zero-order valence-corrected chi connectivity index (χ0v) is 13.1. The number of oxazole rings is 1. The highest BCUT2D eigenvalue weighted by Crippen LogP contribution is 2.28. The van der Waals surface area contributed by atoms with Crippen LogP contribution in [0.25, 0.3) is 22.6 Å². The molecule has 0 amide bonds. The van der Waals surface area contributed by atoms with E-state index < -0.39 is 0 Å². The van der Waals surface area contributed by atoms with Gasteiger partial charge in [-0.3, -0.25) is 4.68 Å². The van der Waals surface area contributed by atoms with Crippen LogP contribution in [0.2, 0.25) is 0 Å². The summed E-state index contributed by atoms with van der Waals surface area (Å²) in [4.78, 5) is 4.53. The number of hydrogen-bond acceptors (Lipinski definition) is 3. The van der Waals surface area contributed by atoms with E-state index >= 15 is 0 Å². The fourth-order valence-corrected chi connectivity index (χ4v) is 2.71. The molecular weight excluding hydrogens is 286 g/mol. The molecule has 4 nitrogen and oxygen atoms in total. The Morgan fingerprint density at radius 3 is 2.48 bits per heavy atom. The fraction of sp³-hybridized carbons (Fsp3) is 0.158. The van der Waals surface area contributed by atoms with Gasteiger partial charge in [-0.15, -0.1) is 0 Å². The van der Waals surface area contributed by atoms with Crippen LogP contribution in [-0.4, -0.2) is 14.8 Å². The summed E-state index contributed by atoms with van der Waals surface area (Å²) < 4.78 is 7.77. The van der Waals surface area contributed by atoms with Crippen molar-refractivity contribution >= 4 is 11.1 Å². The molecule has 4 aromatic rings. The largest absolute Gasteiger partial charge is 0.436 e. The van der Waals surface area contributed by atoms with Crippen molar-refractivity contribution in [2.24, 2.45) is 0 Å². The van der Waals surface area contributed by atoms with Crippen LogP contribution in [-0.2, 0) is 5.54 Å². The van der Waals surface area contributed by atoms with Gasteiger partial charge in [0.15, 0.2) is 5.58 Å². The molecule has 23 heavy (non-hydrogen) atoms. The van der Waals surface area contributed by atoms with Gasteiger partial charge in [0.25, 0.3) is 0 Å². The van der Waals surface area contributed by atoms with Gasteiger partial charge in [-0.25, -0.2) is 4.98 Å². The van der Waals surface area contributed by atoms with Gasteiger partial charge < -0.3 is 4.42 Å². The van der Waals surface area contributed by atoms with E-state index in [1.165, 1.54) is 5.56 Å². The monoisotopic (exact) mass is 303 g/mol. The van der Waals surface area contributed by atoms with Gasteiger partial charge in [0.2, 0.25) is 5.89 Å². The van der Waals surface area contributed by atoms with Gasteiger partial charge in [-0.1, -0.05) is 42.5 Å². The summed E-state index contributed by atoms with van der Waals surface area (Å²) in [6.07, 6.45) is 3.78. The van der Waals surface area contributed by atoms with Crippen molar-refractivity contribution in [2.45, 2.75) is 19.4 Å². The average Bonchev–Trinajstić information content (AvgIpc) is 3.22. The molecule has 4 heteroatoms. The number of nitrogens with zero attached hydrogens (tertiary/aromatic N) is 3. The van der Waals surface area contributed by atoms with Gasteiger partial charge in [0.05, 0.1) is 17.3 Å². The van der Waals surface area contributed by atoms with Crippen molar-refractivity contribution < 1.29 is 4.42 Å². The minimum Gasteiger partial charge on any atom is -0.436 e. The van der Waals surface area contributed by atoms with Crippen molar-refractivity contribution in [3.8, 4) is 11.5 Å². The first-order valence-corrected chi connectivity index (χ1v) is 7.61. The zero-order valence-electron chi connectivity index (χ0n) is 13.1. The molecule has 2 heterocycles. The molecule has 0 aliphatic carbocycles. The molecule has 0 spiro atoms. The van der Waals surface area contributed by atoms with Crippen molar-refractivity contribution in [2.75, 3.05) is 0 Å². The standard InChI is InChI=1S/C19H17N3O/c1-19(2,15-8-4-3-5-9-15)22-13-14(12-20-22)18-21-16-10-6-7-11-17(16)23-18/h3-13H,1-2H3. The van der Waals surface area contributed by atoms with Gasteiger partial charge in [0, 0.05) is 6.20 Å². The van der Waals surface area contributed by atoms with E-state index in [9.17, 15) is 0 Å². The molecule has 2 aromatic carbocycles. The Kier molecular flexibility index (Phi) is 3.05. The molecule has 2 aromatic heterocycles. The van der Waals surface area contributed by atoms with Crippen LogP contribution in [0.3, 0.4) is 0 Å². The van der Waals surface area contributed by atoms with Crippen LogP contribution in [0, 0.1) is 0 Å². The van der Waals surface area contributed by atoms with Crippen molar-refractivity contribution in [1.29, 1.82) is 0 Å². The maximum Gasteiger partial charge on any atom is 0.230 e. The van der Waals surface area contributed by atoms with Gasteiger partial charge >= 0.3 is 0 Å². The minimum atomic E-state index is -0.245. The second-order valence-corrected chi connectivity index (χ2v) is 6.09. The number of benzene rings is 2. The van der Waals surface area contributed by atoms with E-state index in [-0.39, 0.29) is 5.54 Å². The molecule has 0 aliphatic heterocycles. The molecule has 0 saturated carbocycles. The summed E-state index contributed by atoms with van der Waals surface area (Å²) in [5.41, 5.74) is 3.48. The third-order valence-electron chi connectivity index (χ3n) is 4.18. The Hall–Kier alpha value is -2.88. The molecule has 114 valence electrons. The van der Waals surface area contributed by atoms with Gasteiger partial charge in [0.1, 0.15) is 5.52 Å². The van der Waals surface area contributed by atoms with Crippen LogP contribution in [0.15, 0.2) is 71.4 Å². The number of para-hydroxylation sites is 2. The highest BCUT2D eigenvalue weighted by atomic mass is 16.3. The Balaban J connectivity index is 1.74. The molecule has 0 saturated heterocycles. The Labute approximate surface area is 134 Å². The lowest BCUT2D eigenvalue weighted by Crippen LogP contribution is -2.27. The van der Waals surface area contributed by atoms with E-state index in [4.69, 9.17) is 4.42 Å². The summed E-state index contributed by atoms with van der Waals surface area (Å²) in [6.45, 7) is 4.29. The normalized spacial score (nSPS) is 11.9. The summed E-state index contributed by atoms with van der Waals surface area (Å²) >= 11 is 0. The van der Waals surface area contributed by atoms with Crippen LogP contribution >= 0.6 is 0 Å². The molecule has 4 rings (SSSR count). The van der Waals surface area contributed by atoms with Crippen molar-refractivity contribution in [3.63, 3.8) is 0 Å². The maximum absolute atomic E-state index is 5.82. The maximum atomic E-state index is 5.82. The molecule has 0 bridgehead atoms. The summed E-state index contributed by atoms with van der Waals surface area (Å²) in [6, 6.07) is 18.1. The van der Waals surface area contributed by atoms with E-state index in [0.29, 0.717) is 5.89 Å². The smallest absolute Gasteiger partial charge is 0.230 e. The highest BCUT2D eigenvalue weighted by Gasteiger charge is 2.24. The SMILES string of the molecule is CC(C)(c1ccccc1)n1cc(-c2nc3ccccc3o2)cn1. The molecule has 0 N–H and O–H groups in total. The molecule has 0 atom stereocenters. The van der Waals surface area contributed by atoms with Crippen LogP contribution in [0.4, 0.5) is 0 Å². The van der Waals surface area contributed by atoms with Crippen molar-refractivity contribution in [3.05, 3.63) is 72.6 Å². The minimum absolute atomic E-state index is 0.245. The van der Waals surface area contributed by atoms with E-state index in [1.807, 2.05) is 53.3 Å². The second-order valence-electron chi connectivity index (χ2n) is 6.09. The number of hydrogen-bond donors (Lipinski definition) is 0. The Morgan fingerprint density at radius 1 is 0.957 bits per heavy atom. The van der Waals surface area contributed by atoms with E-state index in [2.05, 4.69) is 36.1 Å².